The smallest absolute Gasteiger partial charge is 0.241 e. The normalized spacial score (nSPS) is 9.38. The van der Waals surface area contributed by atoms with Crippen molar-refractivity contribution in [3.05, 3.63) is 29.8 Å². The van der Waals surface area contributed by atoms with Crippen LogP contribution in [0.4, 0.5) is 5.69 Å². The van der Waals surface area contributed by atoms with Gasteiger partial charge in [-0.05, 0) is 24.3 Å². The lowest BCUT2D eigenvalue weighted by atomic mass is 10.2. The number of carbonyl (C=O) groups excluding carboxylic acids is 1. The number of amides is 1. The van der Waals surface area contributed by atoms with E-state index in [9.17, 15) is 4.79 Å². The summed E-state index contributed by atoms with van der Waals surface area (Å²) in [6, 6.07) is 9.21. The highest BCUT2D eigenvalue weighted by molar-refractivity contribution is 5.80. The van der Waals surface area contributed by atoms with Crippen LogP contribution < -0.4 is 4.90 Å². The van der Waals surface area contributed by atoms with Crippen molar-refractivity contribution in [2.45, 2.75) is 0 Å². The van der Waals surface area contributed by atoms with Gasteiger partial charge in [0.05, 0.1) is 18.2 Å². The van der Waals surface area contributed by atoms with Crippen molar-refractivity contribution in [3.63, 3.8) is 0 Å². The van der Waals surface area contributed by atoms with Crippen LogP contribution in [0.1, 0.15) is 5.56 Å². The van der Waals surface area contributed by atoms with E-state index in [0.717, 1.165) is 5.69 Å². The Kier molecular flexibility index (Phi) is 3.90. The van der Waals surface area contributed by atoms with Crippen LogP contribution in [0, 0.1) is 11.3 Å². The molecule has 0 aliphatic rings. The first kappa shape index (κ1) is 12.1. The molecule has 84 valence electrons. The molecular formula is C12H15N3O. The van der Waals surface area contributed by atoms with Crippen LogP contribution in [0.5, 0.6) is 0 Å². The molecule has 0 spiro atoms. The van der Waals surface area contributed by atoms with Crippen LogP contribution in [0.3, 0.4) is 0 Å². The van der Waals surface area contributed by atoms with Crippen LogP contribution in [0.2, 0.25) is 0 Å². The number of hydrogen-bond acceptors (Lipinski definition) is 3. The van der Waals surface area contributed by atoms with Crippen LogP contribution in [0.15, 0.2) is 24.3 Å². The minimum absolute atomic E-state index is 0.0480. The molecular weight excluding hydrogens is 202 g/mol. The molecule has 0 aliphatic carbocycles. The summed E-state index contributed by atoms with van der Waals surface area (Å²) in [6.07, 6.45) is 0. The first-order valence-electron chi connectivity index (χ1n) is 4.96. The third-order valence-electron chi connectivity index (χ3n) is 2.31. The van der Waals surface area contributed by atoms with Crippen molar-refractivity contribution in [1.82, 2.24) is 4.90 Å². The maximum Gasteiger partial charge on any atom is 0.241 e. The monoisotopic (exact) mass is 217 g/mol. The molecule has 0 saturated carbocycles. The van der Waals surface area contributed by atoms with E-state index in [1.54, 1.807) is 31.1 Å². The molecule has 1 amide bonds. The number of rotatable bonds is 3. The minimum Gasteiger partial charge on any atom is -0.365 e. The SMILES string of the molecule is CN(C)C(=O)CN(C)c1ccc(C#N)cc1. The maximum atomic E-state index is 11.5. The summed E-state index contributed by atoms with van der Waals surface area (Å²) in [4.78, 5) is 14.9. The Bertz CT molecular complexity index is 403. The predicted octanol–water partition coefficient (Wildman–Crippen LogP) is 1.08. The van der Waals surface area contributed by atoms with E-state index in [1.165, 1.54) is 0 Å². The molecule has 0 bridgehead atoms. The molecule has 0 heterocycles. The number of nitriles is 1. The molecule has 1 rings (SSSR count). The fourth-order valence-corrected chi connectivity index (χ4v) is 1.23. The quantitative estimate of drug-likeness (QED) is 0.761. The zero-order valence-corrected chi connectivity index (χ0v) is 9.77. The Morgan fingerprint density at radius 3 is 2.25 bits per heavy atom. The van der Waals surface area contributed by atoms with Crippen LogP contribution >= 0.6 is 0 Å². The van der Waals surface area contributed by atoms with Gasteiger partial charge in [-0.1, -0.05) is 0 Å². The molecule has 4 nitrogen and oxygen atoms in total. The van der Waals surface area contributed by atoms with Gasteiger partial charge in [0, 0.05) is 26.8 Å². The Labute approximate surface area is 95.7 Å². The maximum absolute atomic E-state index is 11.5. The van der Waals surface area contributed by atoms with Gasteiger partial charge in [0.2, 0.25) is 5.91 Å². The zero-order chi connectivity index (χ0) is 12.1. The average Bonchev–Trinajstić information content (AvgIpc) is 2.28. The second-order valence-corrected chi connectivity index (χ2v) is 3.80. The van der Waals surface area contributed by atoms with Crippen LogP contribution in [0.25, 0.3) is 0 Å². The van der Waals surface area contributed by atoms with Crippen molar-refractivity contribution in [2.24, 2.45) is 0 Å². The standard InChI is InChI=1S/C12H15N3O/c1-14(2)12(16)9-15(3)11-6-4-10(8-13)5-7-11/h4-7H,9H2,1-3H3. The Balaban J connectivity index is 2.70. The first-order valence-corrected chi connectivity index (χ1v) is 4.96. The van der Waals surface area contributed by atoms with Gasteiger partial charge >= 0.3 is 0 Å². The van der Waals surface area contributed by atoms with Crippen LogP contribution in [-0.4, -0.2) is 38.5 Å². The predicted molar refractivity (Wildman–Crippen MR) is 63.1 cm³/mol. The van der Waals surface area contributed by atoms with E-state index in [-0.39, 0.29) is 5.91 Å². The fraction of sp³-hybridized carbons (Fsp3) is 0.333. The summed E-state index contributed by atoms with van der Waals surface area (Å²) in [6.45, 7) is 0.332. The van der Waals surface area contributed by atoms with Crippen molar-refractivity contribution in [1.29, 1.82) is 5.26 Å². The fourth-order valence-electron chi connectivity index (χ4n) is 1.23. The summed E-state index contributed by atoms with van der Waals surface area (Å²) in [5.74, 6) is 0.0480. The van der Waals surface area contributed by atoms with Crippen molar-refractivity contribution in [3.8, 4) is 6.07 Å². The van der Waals surface area contributed by atoms with Gasteiger partial charge < -0.3 is 9.80 Å². The van der Waals surface area contributed by atoms with E-state index in [0.29, 0.717) is 12.1 Å². The molecule has 0 aliphatic heterocycles. The van der Waals surface area contributed by atoms with Gasteiger partial charge in [0.1, 0.15) is 0 Å². The average molecular weight is 217 g/mol. The summed E-state index contributed by atoms with van der Waals surface area (Å²) >= 11 is 0. The van der Waals surface area contributed by atoms with E-state index in [2.05, 4.69) is 6.07 Å². The third kappa shape index (κ3) is 2.99. The number of nitrogens with zero attached hydrogens (tertiary/aromatic N) is 3. The number of likely N-dealkylation sites (N-methyl/N-ethyl adjacent to an activating group) is 2. The topological polar surface area (TPSA) is 47.3 Å². The lowest BCUT2D eigenvalue weighted by molar-refractivity contribution is -0.127. The molecule has 1 aromatic rings. The molecule has 0 saturated heterocycles. The second kappa shape index (κ2) is 5.17. The Hall–Kier alpha value is -2.02. The Morgan fingerprint density at radius 2 is 1.81 bits per heavy atom. The molecule has 0 aromatic heterocycles. The third-order valence-corrected chi connectivity index (χ3v) is 2.31. The van der Waals surface area contributed by atoms with Gasteiger partial charge in [-0.25, -0.2) is 0 Å². The van der Waals surface area contributed by atoms with E-state index in [4.69, 9.17) is 5.26 Å². The van der Waals surface area contributed by atoms with Gasteiger partial charge in [0.25, 0.3) is 0 Å². The summed E-state index contributed by atoms with van der Waals surface area (Å²) in [5, 5.41) is 8.66. The molecule has 0 fully saturated rings. The number of carbonyl (C=O) groups is 1. The van der Waals surface area contributed by atoms with E-state index >= 15 is 0 Å². The van der Waals surface area contributed by atoms with Gasteiger partial charge in [-0.3, -0.25) is 4.79 Å². The highest BCUT2D eigenvalue weighted by Gasteiger charge is 2.08. The summed E-state index contributed by atoms with van der Waals surface area (Å²) in [5.41, 5.74) is 1.55. The minimum atomic E-state index is 0.0480. The largest absolute Gasteiger partial charge is 0.365 e. The molecule has 1 aromatic carbocycles. The summed E-state index contributed by atoms with van der Waals surface area (Å²) in [7, 11) is 5.31. The second-order valence-electron chi connectivity index (χ2n) is 3.80. The number of hydrogen-bond donors (Lipinski definition) is 0. The van der Waals surface area contributed by atoms with Crippen LogP contribution in [-0.2, 0) is 4.79 Å². The lowest BCUT2D eigenvalue weighted by Gasteiger charge is -2.20. The Morgan fingerprint density at radius 1 is 1.25 bits per heavy atom. The first-order chi connectivity index (χ1) is 7.54. The lowest BCUT2D eigenvalue weighted by Crippen LogP contribution is -2.34. The van der Waals surface area contributed by atoms with Crippen molar-refractivity contribution >= 4 is 11.6 Å². The van der Waals surface area contributed by atoms with Gasteiger partial charge in [-0.15, -0.1) is 0 Å². The zero-order valence-electron chi connectivity index (χ0n) is 9.77. The molecule has 0 radical (unpaired) electrons. The number of anilines is 1. The highest BCUT2D eigenvalue weighted by Crippen LogP contribution is 2.13. The molecule has 4 heteroatoms. The molecule has 0 unspecified atom stereocenters. The van der Waals surface area contributed by atoms with Gasteiger partial charge in [0.15, 0.2) is 0 Å². The van der Waals surface area contributed by atoms with Gasteiger partial charge in [-0.2, -0.15) is 5.26 Å². The molecule has 16 heavy (non-hydrogen) atoms. The number of benzene rings is 1. The van der Waals surface area contributed by atoms with Crippen molar-refractivity contribution in [2.75, 3.05) is 32.6 Å². The highest BCUT2D eigenvalue weighted by atomic mass is 16.2. The molecule has 0 atom stereocenters. The molecule has 0 N–H and O–H groups in total. The van der Waals surface area contributed by atoms with Crippen molar-refractivity contribution < 1.29 is 4.79 Å². The summed E-state index contributed by atoms with van der Waals surface area (Å²) < 4.78 is 0. The van der Waals surface area contributed by atoms with E-state index < -0.39 is 0 Å². The van der Waals surface area contributed by atoms with E-state index in [1.807, 2.05) is 24.1 Å².